The largest absolute Gasteiger partial charge is 0.441 e. The second-order valence-electron chi connectivity index (χ2n) is 6.28. The van der Waals surface area contributed by atoms with Crippen molar-refractivity contribution in [3.8, 4) is 11.3 Å². The molecule has 1 fully saturated rings. The molecular formula is C19H25N3O2. The minimum atomic E-state index is 0.252. The molecule has 3 rings (SSSR count). The second-order valence-corrected chi connectivity index (χ2v) is 6.28. The number of likely N-dealkylation sites (N-methyl/N-ethyl adjacent to an activating group) is 1. The van der Waals surface area contributed by atoms with Gasteiger partial charge in [0.15, 0.2) is 11.7 Å². The molecule has 0 saturated carbocycles. The molecular weight excluding hydrogens is 302 g/mol. The Morgan fingerprint density at radius 1 is 1.38 bits per heavy atom. The van der Waals surface area contributed by atoms with Crippen LogP contribution in [-0.2, 0) is 11.2 Å². The summed E-state index contributed by atoms with van der Waals surface area (Å²) in [4.78, 5) is 18.8. The van der Waals surface area contributed by atoms with E-state index in [1.54, 1.807) is 6.20 Å². The highest BCUT2D eigenvalue weighted by atomic mass is 16.4. The lowest BCUT2D eigenvalue weighted by atomic mass is 10.2. The molecule has 1 unspecified atom stereocenters. The summed E-state index contributed by atoms with van der Waals surface area (Å²) in [5.41, 5.74) is 1.03. The first-order valence-corrected chi connectivity index (χ1v) is 8.72. The van der Waals surface area contributed by atoms with Crippen LogP contribution in [0.2, 0.25) is 0 Å². The number of hydrogen-bond donors (Lipinski definition) is 1. The van der Waals surface area contributed by atoms with Gasteiger partial charge in [-0.2, -0.15) is 0 Å². The molecule has 0 radical (unpaired) electrons. The maximum Gasteiger partial charge on any atom is 0.222 e. The van der Waals surface area contributed by atoms with Crippen LogP contribution in [0.1, 0.15) is 31.6 Å². The number of carbonyl (C=O) groups excluding carboxylic acids is 1. The van der Waals surface area contributed by atoms with Crippen LogP contribution in [-0.4, -0.2) is 42.0 Å². The predicted molar refractivity (Wildman–Crippen MR) is 93.5 cm³/mol. The van der Waals surface area contributed by atoms with Crippen molar-refractivity contribution in [2.45, 2.75) is 38.1 Å². The third-order valence-corrected chi connectivity index (χ3v) is 4.53. The van der Waals surface area contributed by atoms with E-state index in [9.17, 15) is 4.79 Å². The number of benzene rings is 1. The topological polar surface area (TPSA) is 58.4 Å². The number of amides is 1. The van der Waals surface area contributed by atoms with E-state index in [4.69, 9.17) is 4.42 Å². The Kier molecular flexibility index (Phi) is 5.64. The van der Waals surface area contributed by atoms with Gasteiger partial charge in [0.25, 0.3) is 0 Å². The fraction of sp³-hybridized carbons (Fsp3) is 0.474. The van der Waals surface area contributed by atoms with Crippen LogP contribution in [0.3, 0.4) is 0 Å². The first-order chi connectivity index (χ1) is 11.8. The van der Waals surface area contributed by atoms with Gasteiger partial charge in [0.05, 0.1) is 6.20 Å². The molecule has 5 heteroatoms. The molecule has 0 spiro atoms. The van der Waals surface area contributed by atoms with Crippen LogP contribution >= 0.6 is 0 Å². The smallest absolute Gasteiger partial charge is 0.222 e. The highest BCUT2D eigenvalue weighted by Crippen LogP contribution is 2.21. The van der Waals surface area contributed by atoms with Gasteiger partial charge in [-0.1, -0.05) is 30.3 Å². The van der Waals surface area contributed by atoms with E-state index in [0.717, 1.165) is 43.7 Å². The maximum absolute atomic E-state index is 12.4. The molecule has 2 aromatic rings. The van der Waals surface area contributed by atoms with Crippen molar-refractivity contribution in [2.75, 3.05) is 20.1 Å². The SMILES string of the molecule is CNCC1CCCN1C(=O)CCCc1ncc(-c2ccccc2)o1. The Balaban J connectivity index is 1.48. The van der Waals surface area contributed by atoms with E-state index in [2.05, 4.69) is 10.3 Å². The van der Waals surface area contributed by atoms with Crippen LogP contribution in [0.5, 0.6) is 0 Å². The molecule has 1 atom stereocenters. The van der Waals surface area contributed by atoms with Crippen LogP contribution < -0.4 is 5.32 Å². The van der Waals surface area contributed by atoms with Crippen molar-refractivity contribution < 1.29 is 9.21 Å². The third-order valence-electron chi connectivity index (χ3n) is 4.53. The van der Waals surface area contributed by atoms with Crippen molar-refractivity contribution in [2.24, 2.45) is 0 Å². The molecule has 1 aliphatic heterocycles. The lowest BCUT2D eigenvalue weighted by Gasteiger charge is -2.24. The number of nitrogens with zero attached hydrogens (tertiary/aromatic N) is 2. The van der Waals surface area contributed by atoms with Crippen molar-refractivity contribution in [3.63, 3.8) is 0 Å². The molecule has 1 amide bonds. The van der Waals surface area contributed by atoms with Gasteiger partial charge in [-0.25, -0.2) is 4.98 Å². The van der Waals surface area contributed by atoms with Crippen LogP contribution in [0, 0.1) is 0 Å². The van der Waals surface area contributed by atoms with Gasteiger partial charge in [-0.3, -0.25) is 4.79 Å². The maximum atomic E-state index is 12.4. The van der Waals surface area contributed by atoms with Crippen LogP contribution in [0.4, 0.5) is 0 Å². The van der Waals surface area contributed by atoms with E-state index in [1.807, 2.05) is 42.3 Å². The summed E-state index contributed by atoms with van der Waals surface area (Å²) >= 11 is 0. The van der Waals surface area contributed by atoms with Crippen molar-refractivity contribution >= 4 is 5.91 Å². The van der Waals surface area contributed by atoms with Crippen molar-refractivity contribution in [1.82, 2.24) is 15.2 Å². The summed E-state index contributed by atoms with van der Waals surface area (Å²) in [6, 6.07) is 10.3. The molecule has 1 aliphatic rings. The quantitative estimate of drug-likeness (QED) is 0.849. The van der Waals surface area contributed by atoms with Crippen LogP contribution in [0.25, 0.3) is 11.3 Å². The van der Waals surface area contributed by atoms with Gasteiger partial charge in [0.2, 0.25) is 5.91 Å². The number of aryl methyl sites for hydroxylation is 1. The van der Waals surface area contributed by atoms with E-state index in [-0.39, 0.29) is 5.91 Å². The Hall–Kier alpha value is -2.14. The number of carbonyl (C=O) groups is 1. The molecule has 0 bridgehead atoms. The minimum absolute atomic E-state index is 0.252. The molecule has 0 aliphatic carbocycles. The molecule has 1 N–H and O–H groups in total. The average molecular weight is 327 g/mol. The highest BCUT2D eigenvalue weighted by molar-refractivity contribution is 5.76. The summed E-state index contributed by atoms with van der Waals surface area (Å²) < 4.78 is 5.79. The summed E-state index contributed by atoms with van der Waals surface area (Å²) in [7, 11) is 1.94. The Morgan fingerprint density at radius 3 is 3.00 bits per heavy atom. The number of oxazole rings is 1. The van der Waals surface area contributed by atoms with Gasteiger partial charge in [-0.05, 0) is 26.3 Å². The zero-order chi connectivity index (χ0) is 16.8. The summed E-state index contributed by atoms with van der Waals surface area (Å²) in [6.45, 7) is 1.77. The number of aromatic nitrogens is 1. The first kappa shape index (κ1) is 16.7. The monoisotopic (exact) mass is 327 g/mol. The standard InChI is InChI=1S/C19H25N3O2/c1-20-13-16-9-6-12-22(16)19(23)11-5-10-18-21-14-17(24-18)15-7-3-2-4-8-15/h2-4,7-8,14,16,20H,5-6,9-13H2,1H3. The van der Waals surface area contributed by atoms with Gasteiger partial charge < -0.3 is 14.6 Å². The fourth-order valence-electron chi connectivity index (χ4n) is 3.31. The Labute approximate surface area is 143 Å². The van der Waals surface area contributed by atoms with E-state index in [1.165, 1.54) is 0 Å². The van der Waals surface area contributed by atoms with Crippen LogP contribution in [0.15, 0.2) is 40.9 Å². The van der Waals surface area contributed by atoms with E-state index >= 15 is 0 Å². The fourth-order valence-corrected chi connectivity index (χ4v) is 3.31. The second kappa shape index (κ2) is 8.11. The van der Waals surface area contributed by atoms with Gasteiger partial charge in [0, 0.05) is 37.5 Å². The molecule has 1 aromatic heterocycles. The van der Waals surface area contributed by atoms with Crippen molar-refractivity contribution in [3.05, 3.63) is 42.4 Å². The lowest BCUT2D eigenvalue weighted by molar-refractivity contribution is -0.132. The zero-order valence-corrected chi connectivity index (χ0v) is 14.2. The molecule has 24 heavy (non-hydrogen) atoms. The Morgan fingerprint density at radius 2 is 2.21 bits per heavy atom. The number of nitrogens with one attached hydrogen (secondary N) is 1. The van der Waals surface area contributed by atoms with Gasteiger partial charge in [-0.15, -0.1) is 0 Å². The summed E-state index contributed by atoms with van der Waals surface area (Å²) in [5.74, 6) is 1.74. The summed E-state index contributed by atoms with van der Waals surface area (Å²) in [5, 5.41) is 3.18. The summed E-state index contributed by atoms with van der Waals surface area (Å²) in [6.07, 6.45) is 6.00. The van der Waals surface area contributed by atoms with E-state index < -0.39 is 0 Å². The number of hydrogen-bond acceptors (Lipinski definition) is 4. The zero-order valence-electron chi connectivity index (χ0n) is 14.2. The number of rotatable bonds is 7. The normalized spacial score (nSPS) is 17.4. The number of likely N-dealkylation sites (tertiary alicyclic amines) is 1. The van der Waals surface area contributed by atoms with Crippen molar-refractivity contribution in [1.29, 1.82) is 0 Å². The average Bonchev–Trinajstić information content (AvgIpc) is 3.25. The lowest BCUT2D eigenvalue weighted by Crippen LogP contribution is -2.40. The molecule has 1 aromatic carbocycles. The molecule has 128 valence electrons. The molecule has 2 heterocycles. The molecule has 1 saturated heterocycles. The molecule has 5 nitrogen and oxygen atoms in total. The predicted octanol–water partition coefficient (Wildman–Crippen LogP) is 2.87. The van der Waals surface area contributed by atoms with Gasteiger partial charge in [0.1, 0.15) is 0 Å². The third kappa shape index (κ3) is 4.03. The first-order valence-electron chi connectivity index (χ1n) is 8.72. The van der Waals surface area contributed by atoms with E-state index in [0.29, 0.717) is 24.8 Å². The van der Waals surface area contributed by atoms with Gasteiger partial charge >= 0.3 is 0 Å². The Bertz CT molecular complexity index is 654. The minimum Gasteiger partial charge on any atom is -0.441 e. The highest BCUT2D eigenvalue weighted by Gasteiger charge is 2.27.